The Hall–Kier alpha value is -0.870. The molecule has 33 heavy (non-hydrogen) atoms. The van der Waals surface area contributed by atoms with Crippen molar-refractivity contribution in [2.75, 3.05) is 19.6 Å². The van der Waals surface area contributed by atoms with Crippen molar-refractivity contribution in [3.05, 3.63) is 11.6 Å². The maximum absolute atomic E-state index is 12.9. The summed E-state index contributed by atoms with van der Waals surface area (Å²) in [4.78, 5) is 15.1. The van der Waals surface area contributed by atoms with Crippen LogP contribution in [0.25, 0.3) is 0 Å². The van der Waals surface area contributed by atoms with Crippen molar-refractivity contribution in [2.45, 2.75) is 104 Å². The summed E-state index contributed by atoms with van der Waals surface area (Å²) in [5.74, 6) is 4.25. The molecule has 0 bridgehead atoms. The van der Waals surface area contributed by atoms with Gasteiger partial charge in [-0.05, 0) is 105 Å². The normalized spacial score (nSPS) is 46.1. The summed E-state index contributed by atoms with van der Waals surface area (Å²) in [7, 11) is 0. The third kappa shape index (κ3) is 4.01. The summed E-state index contributed by atoms with van der Waals surface area (Å²) in [6.45, 7) is 12.5. The number of piperazine rings is 1. The van der Waals surface area contributed by atoms with E-state index in [1.165, 1.54) is 38.5 Å². The Balaban J connectivity index is 1.25. The third-order valence-electron chi connectivity index (χ3n) is 11.5. The Kier molecular flexibility index (Phi) is 6.48. The maximum Gasteiger partial charge on any atom is 0.222 e. The predicted molar refractivity (Wildman–Crippen MR) is 134 cm³/mol. The second-order valence-electron chi connectivity index (χ2n) is 13.0. The number of nitrogens with zero attached hydrogens (tertiary/aromatic N) is 1. The van der Waals surface area contributed by atoms with Gasteiger partial charge in [-0.3, -0.25) is 4.79 Å². The first-order valence-electron chi connectivity index (χ1n) is 14.1. The van der Waals surface area contributed by atoms with Gasteiger partial charge in [0.2, 0.25) is 5.91 Å². The summed E-state index contributed by atoms with van der Waals surface area (Å²) in [5, 5.41) is 13.7. The Morgan fingerprint density at radius 3 is 2.82 bits per heavy atom. The van der Waals surface area contributed by atoms with Crippen molar-refractivity contribution < 1.29 is 9.90 Å². The topological polar surface area (TPSA) is 52.6 Å². The molecule has 1 saturated heterocycles. The number of hydrogen-bond donors (Lipinski definition) is 2. The standard InChI is InChI=1S/C29H48N2O2/c1-19(5-10-27(33)31-16-15-30-18-20(31)2)24-8-9-25-23-7-6-21-17-22(32)11-13-28(21,3)26(23)12-14-29(24,25)4/h6,19-20,22-26,30,32H,5,7-18H2,1-4H3/t19-,20+,22+,23+,24-,25+,26+,28+,29-/m1/s1. The Labute approximate surface area is 202 Å². The van der Waals surface area contributed by atoms with Crippen LogP contribution in [0.5, 0.6) is 0 Å². The Morgan fingerprint density at radius 2 is 2.03 bits per heavy atom. The van der Waals surface area contributed by atoms with Gasteiger partial charge < -0.3 is 15.3 Å². The highest BCUT2D eigenvalue weighted by atomic mass is 16.3. The second-order valence-corrected chi connectivity index (χ2v) is 13.0. The lowest BCUT2D eigenvalue weighted by atomic mass is 9.47. The average molecular weight is 457 g/mol. The lowest BCUT2D eigenvalue weighted by Crippen LogP contribution is -2.52. The molecule has 4 nitrogen and oxygen atoms in total. The molecule has 9 atom stereocenters. The van der Waals surface area contributed by atoms with Crippen LogP contribution in [0.2, 0.25) is 0 Å². The fourth-order valence-corrected chi connectivity index (χ4v) is 9.52. The molecular formula is C29H48N2O2. The fourth-order valence-electron chi connectivity index (χ4n) is 9.52. The molecule has 0 spiro atoms. The van der Waals surface area contributed by atoms with E-state index in [2.05, 4.69) is 44.0 Å². The number of carbonyl (C=O) groups is 1. The molecule has 0 aromatic rings. The van der Waals surface area contributed by atoms with Gasteiger partial charge in [0.05, 0.1) is 6.10 Å². The molecule has 3 saturated carbocycles. The minimum atomic E-state index is -0.113. The molecule has 2 N–H and O–H groups in total. The van der Waals surface area contributed by atoms with Crippen molar-refractivity contribution in [2.24, 2.45) is 40.4 Å². The van der Waals surface area contributed by atoms with E-state index in [0.717, 1.165) is 69.0 Å². The molecule has 0 aromatic carbocycles. The number of nitrogens with one attached hydrogen (secondary N) is 1. The van der Waals surface area contributed by atoms with Crippen LogP contribution < -0.4 is 5.32 Å². The molecule has 4 heteroatoms. The number of hydrogen-bond acceptors (Lipinski definition) is 3. The van der Waals surface area contributed by atoms with E-state index in [1.807, 2.05) is 0 Å². The zero-order valence-corrected chi connectivity index (χ0v) is 21.6. The van der Waals surface area contributed by atoms with Gasteiger partial charge in [0.15, 0.2) is 0 Å². The molecule has 0 aromatic heterocycles. The largest absolute Gasteiger partial charge is 0.393 e. The van der Waals surface area contributed by atoms with Crippen LogP contribution in [0.4, 0.5) is 0 Å². The minimum absolute atomic E-state index is 0.113. The van der Waals surface area contributed by atoms with Gasteiger partial charge in [-0.25, -0.2) is 0 Å². The predicted octanol–water partition coefficient (Wildman–Crippen LogP) is 5.16. The lowest BCUT2D eigenvalue weighted by Gasteiger charge is -2.58. The van der Waals surface area contributed by atoms with Crippen LogP contribution in [0.1, 0.15) is 91.9 Å². The van der Waals surface area contributed by atoms with E-state index in [9.17, 15) is 9.90 Å². The van der Waals surface area contributed by atoms with Crippen molar-refractivity contribution in [3.8, 4) is 0 Å². The maximum atomic E-state index is 12.9. The van der Waals surface area contributed by atoms with Gasteiger partial charge in [-0.15, -0.1) is 0 Å². The Morgan fingerprint density at radius 1 is 1.21 bits per heavy atom. The first-order chi connectivity index (χ1) is 15.7. The van der Waals surface area contributed by atoms with Crippen molar-refractivity contribution >= 4 is 5.91 Å². The average Bonchev–Trinajstić information content (AvgIpc) is 3.15. The summed E-state index contributed by atoms with van der Waals surface area (Å²) >= 11 is 0. The van der Waals surface area contributed by atoms with Crippen LogP contribution in [0.15, 0.2) is 11.6 Å². The highest BCUT2D eigenvalue weighted by Gasteiger charge is 2.59. The van der Waals surface area contributed by atoms with E-state index in [-0.39, 0.29) is 6.10 Å². The zero-order valence-electron chi connectivity index (χ0n) is 21.6. The molecule has 186 valence electrons. The number of fused-ring (bicyclic) bond motifs is 5. The van der Waals surface area contributed by atoms with Gasteiger partial charge in [0.25, 0.3) is 0 Å². The highest BCUT2D eigenvalue weighted by molar-refractivity contribution is 5.76. The highest BCUT2D eigenvalue weighted by Crippen LogP contribution is 2.67. The fraction of sp³-hybridized carbons (Fsp3) is 0.897. The van der Waals surface area contributed by atoms with E-state index >= 15 is 0 Å². The summed E-state index contributed by atoms with van der Waals surface area (Å²) in [6.07, 6.45) is 14.0. The lowest BCUT2D eigenvalue weighted by molar-refractivity contribution is -0.134. The molecule has 5 aliphatic rings. The minimum Gasteiger partial charge on any atom is -0.393 e. The van der Waals surface area contributed by atoms with E-state index in [1.54, 1.807) is 5.57 Å². The van der Waals surface area contributed by atoms with Gasteiger partial charge in [0, 0.05) is 32.1 Å². The molecule has 0 radical (unpaired) electrons. The summed E-state index contributed by atoms with van der Waals surface area (Å²) < 4.78 is 0. The molecule has 5 rings (SSSR count). The molecule has 1 amide bonds. The second kappa shape index (κ2) is 8.97. The number of carbonyl (C=O) groups excluding carboxylic acids is 1. The van der Waals surface area contributed by atoms with Gasteiger partial charge in [0.1, 0.15) is 0 Å². The van der Waals surface area contributed by atoms with Crippen molar-refractivity contribution in [1.29, 1.82) is 0 Å². The molecule has 0 unspecified atom stereocenters. The van der Waals surface area contributed by atoms with Crippen molar-refractivity contribution in [3.63, 3.8) is 0 Å². The zero-order chi connectivity index (χ0) is 23.4. The number of aliphatic hydroxyl groups is 1. The van der Waals surface area contributed by atoms with E-state index < -0.39 is 0 Å². The molecule has 1 aliphatic heterocycles. The molecule has 1 heterocycles. The summed E-state index contributed by atoms with van der Waals surface area (Å²) in [5.41, 5.74) is 2.36. The quantitative estimate of drug-likeness (QED) is 0.574. The van der Waals surface area contributed by atoms with Gasteiger partial charge in [-0.1, -0.05) is 32.4 Å². The van der Waals surface area contributed by atoms with E-state index in [0.29, 0.717) is 28.7 Å². The SMILES string of the molecule is C[C@H](CCC(=O)N1CCNC[C@@H]1C)[C@H]1CC[C@H]2[C@@H]3CC=C4C[C@@H](O)CC[C@]4(C)[C@H]3CC[C@]12C. The number of aliphatic hydroxyl groups excluding tert-OH is 1. The van der Waals surface area contributed by atoms with Crippen LogP contribution in [0.3, 0.4) is 0 Å². The molecule has 4 aliphatic carbocycles. The summed E-state index contributed by atoms with van der Waals surface area (Å²) in [6, 6.07) is 0.330. The monoisotopic (exact) mass is 456 g/mol. The van der Waals surface area contributed by atoms with Crippen LogP contribution in [0, 0.1) is 40.4 Å². The first kappa shape index (κ1) is 23.9. The third-order valence-corrected chi connectivity index (χ3v) is 11.5. The Bertz CT molecular complexity index is 780. The number of allylic oxidation sites excluding steroid dienone is 1. The van der Waals surface area contributed by atoms with Crippen LogP contribution in [-0.2, 0) is 4.79 Å². The smallest absolute Gasteiger partial charge is 0.222 e. The van der Waals surface area contributed by atoms with Crippen LogP contribution >= 0.6 is 0 Å². The van der Waals surface area contributed by atoms with Gasteiger partial charge in [-0.2, -0.15) is 0 Å². The molecule has 4 fully saturated rings. The molecular weight excluding hydrogens is 408 g/mol. The number of rotatable bonds is 4. The van der Waals surface area contributed by atoms with Gasteiger partial charge >= 0.3 is 0 Å². The van der Waals surface area contributed by atoms with Crippen LogP contribution in [-0.4, -0.2) is 47.7 Å². The number of amides is 1. The van der Waals surface area contributed by atoms with Crippen molar-refractivity contribution in [1.82, 2.24) is 10.2 Å². The first-order valence-corrected chi connectivity index (χ1v) is 14.1. The van der Waals surface area contributed by atoms with E-state index in [4.69, 9.17) is 0 Å².